The van der Waals surface area contributed by atoms with Gasteiger partial charge in [0.25, 0.3) is 5.91 Å². The molecule has 2 aromatic heterocycles. The van der Waals surface area contributed by atoms with Gasteiger partial charge in [-0.05, 0) is 49.2 Å². The van der Waals surface area contributed by atoms with Gasteiger partial charge in [-0.3, -0.25) is 9.69 Å². The third-order valence-corrected chi connectivity index (χ3v) is 6.33. The molecule has 5 rings (SSSR count). The minimum absolute atomic E-state index is 0.282. The maximum atomic E-state index is 13.4. The number of nitrogens with two attached hydrogens (primary N) is 1. The van der Waals surface area contributed by atoms with E-state index >= 15 is 0 Å². The van der Waals surface area contributed by atoms with E-state index in [-0.39, 0.29) is 5.91 Å². The average Bonchev–Trinajstić information content (AvgIpc) is 3.09. The number of amides is 1. The Morgan fingerprint density at radius 2 is 1.76 bits per heavy atom. The summed E-state index contributed by atoms with van der Waals surface area (Å²) < 4.78 is 7.37. The molecule has 4 aromatic rings. The number of aryl methyl sites for hydroxylation is 2. The molecule has 8 heteroatoms. The van der Waals surface area contributed by atoms with Crippen LogP contribution in [-0.4, -0.2) is 58.2 Å². The van der Waals surface area contributed by atoms with Crippen molar-refractivity contribution >= 4 is 39.6 Å². The molecule has 1 aliphatic heterocycles. The summed E-state index contributed by atoms with van der Waals surface area (Å²) in [6.07, 6.45) is 0. The fourth-order valence-corrected chi connectivity index (χ4v) is 4.25. The van der Waals surface area contributed by atoms with E-state index in [2.05, 4.69) is 10.2 Å². The summed E-state index contributed by atoms with van der Waals surface area (Å²) in [5, 5.41) is 3.00. The molecular weight excluding hydrogens is 416 g/mol. The van der Waals surface area contributed by atoms with Crippen LogP contribution in [0.5, 0.6) is 0 Å². The molecule has 0 spiro atoms. The van der Waals surface area contributed by atoms with Crippen molar-refractivity contribution in [1.29, 1.82) is 0 Å². The van der Waals surface area contributed by atoms with E-state index in [0.717, 1.165) is 55.1 Å². The first-order valence-corrected chi connectivity index (χ1v) is 11.2. The molecule has 0 unspecified atom stereocenters. The minimum Gasteiger partial charge on any atom is -0.384 e. The first-order valence-electron chi connectivity index (χ1n) is 11.2. The Morgan fingerprint density at radius 1 is 1.03 bits per heavy atom. The molecule has 3 heterocycles. The van der Waals surface area contributed by atoms with E-state index < -0.39 is 0 Å². The number of nitrogens with zero attached hydrogens (tertiary/aromatic N) is 4. The Balaban J connectivity index is 1.55. The first kappa shape index (κ1) is 21.4. The SMILES string of the molecule is Cc1ccc(NC(=O)c2c(N)n(CCN3CCOCC3)c3nc4ccccc4nc23)cc1C. The normalized spacial score (nSPS) is 14.7. The predicted octanol–water partition coefficient (Wildman–Crippen LogP) is 3.37. The van der Waals surface area contributed by atoms with Gasteiger partial charge in [-0.1, -0.05) is 18.2 Å². The van der Waals surface area contributed by atoms with Crippen molar-refractivity contribution in [2.24, 2.45) is 0 Å². The lowest BCUT2D eigenvalue weighted by Crippen LogP contribution is -2.38. The summed E-state index contributed by atoms with van der Waals surface area (Å²) in [6, 6.07) is 13.5. The van der Waals surface area contributed by atoms with Gasteiger partial charge in [-0.15, -0.1) is 0 Å². The molecule has 0 atom stereocenters. The monoisotopic (exact) mass is 444 g/mol. The second-order valence-electron chi connectivity index (χ2n) is 8.50. The topological polar surface area (TPSA) is 98.3 Å². The number of benzene rings is 2. The zero-order valence-corrected chi connectivity index (χ0v) is 19.0. The van der Waals surface area contributed by atoms with Crippen LogP contribution >= 0.6 is 0 Å². The third kappa shape index (κ3) is 4.15. The molecule has 0 saturated carbocycles. The van der Waals surface area contributed by atoms with Crippen LogP contribution in [0.3, 0.4) is 0 Å². The highest BCUT2D eigenvalue weighted by Gasteiger charge is 2.24. The van der Waals surface area contributed by atoms with Gasteiger partial charge < -0.3 is 20.4 Å². The van der Waals surface area contributed by atoms with Crippen molar-refractivity contribution in [2.45, 2.75) is 20.4 Å². The maximum absolute atomic E-state index is 13.4. The van der Waals surface area contributed by atoms with Gasteiger partial charge in [0, 0.05) is 31.9 Å². The fraction of sp³-hybridized carbons (Fsp3) is 0.320. The average molecular weight is 445 g/mol. The Kier molecular flexibility index (Phi) is 5.70. The van der Waals surface area contributed by atoms with Crippen LogP contribution < -0.4 is 11.1 Å². The van der Waals surface area contributed by atoms with Crippen LogP contribution in [0.25, 0.3) is 22.2 Å². The van der Waals surface area contributed by atoms with Gasteiger partial charge in [-0.2, -0.15) is 0 Å². The number of nitrogen functional groups attached to an aromatic ring is 1. The summed E-state index contributed by atoms with van der Waals surface area (Å²) in [4.78, 5) is 25.4. The van der Waals surface area contributed by atoms with Crippen molar-refractivity contribution in [3.05, 3.63) is 59.2 Å². The highest BCUT2D eigenvalue weighted by Crippen LogP contribution is 2.29. The van der Waals surface area contributed by atoms with E-state index in [9.17, 15) is 4.79 Å². The van der Waals surface area contributed by atoms with E-state index in [0.29, 0.717) is 29.1 Å². The second kappa shape index (κ2) is 8.80. The molecular formula is C25H28N6O2. The molecule has 0 aliphatic carbocycles. The smallest absolute Gasteiger partial charge is 0.261 e. The Hall–Kier alpha value is -3.49. The van der Waals surface area contributed by atoms with Crippen molar-refractivity contribution in [3.63, 3.8) is 0 Å². The molecule has 1 fully saturated rings. The van der Waals surface area contributed by atoms with Crippen LogP contribution in [0.4, 0.5) is 11.5 Å². The molecule has 1 saturated heterocycles. The number of aromatic nitrogens is 3. The Labute approximate surface area is 192 Å². The number of nitrogens with one attached hydrogen (secondary N) is 1. The quantitative estimate of drug-likeness (QED) is 0.490. The van der Waals surface area contributed by atoms with Gasteiger partial charge >= 0.3 is 0 Å². The predicted molar refractivity (Wildman–Crippen MR) is 131 cm³/mol. The molecule has 2 aromatic carbocycles. The summed E-state index contributed by atoms with van der Waals surface area (Å²) in [5.41, 5.74) is 12.6. The number of fused-ring (bicyclic) bond motifs is 2. The molecule has 1 amide bonds. The zero-order valence-electron chi connectivity index (χ0n) is 19.0. The number of hydrogen-bond donors (Lipinski definition) is 2. The summed E-state index contributed by atoms with van der Waals surface area (Å²) in [7, 11) is 0. The highest BCUT2D eigenvalue weighted by atomic mass is 16.5. The molecule has 0 bridgehead atoms. The zero-order chi connectivity index (χ0) is 22.9. The summed E-state index contributed by atoms with van der Waals surface area (Å²) in [5.74, 6) is 0.102. The molecule has 1 aliphatic rings. The first-order chi connectivity index (χ1) is 16.0. The number of ether oxygens (including phenoxy) is 1. The van der Waals surface area contributed by atoms with Gasteiger partial charge in [0.2, 0.25) is 0 Å². The lowest BCUT2D eigenvalue weighted by Gasteiger charge is -2.26. The maximum Gasteiger partial charge on any atom is 0.261 e. The van der Waals surface area contributed by atoms with E-state index in [1.807, 2.05) is 60.9 Å². The van der Waals surface area contributed by atoms with Crippen LogP contribution in [-0.2, 0) is 11.3 Å². The fourth-order valence-electron chi connectivity index (χ4n) is 4.25. The number of rotatable bonds is 5. The van der Waals surface area contributed by atoms with E-state index in [1.165, 1.54) is 5.56 Å². The van der Waals surface area contributed by atoms with E-state index in [4.69, 9.17) is 20.4 Å². The van der Waals surface area contributed by atoms with E-state index in [1.54, 1.807) is 0 Å². The number of morpholine rings is 1. The largest absolute Gasteiger partial charge is 0.384 e. The number of hydrogen-bond acceptors (Lipinski definition) is 6. The van der Waals surface area contributed by atoms with Gasteiger partial charge in [-0.25, -0.2) is 9.97 Å². The van der Waals surface area contributed by atoms with Crippen LogP contribution in [0.15, 0.2) is 42.5 Å². The lowest BCUT2D eigenvalue weighted by atomic mass is 10.1. The summed E-state index contributed by atoms with van der Waals surface area (Å²) in [6.45, 7) is 8.71. The lowest BCUT2D eigenvalue weighted by molar-refractivity contribution is 0.0366. The summed E-state index contributed by atoms with van der Waals surface area (Å²) >= 11 is 0. The third-order valence-electron chi connectivity index (χ3n) is 6.33. The molecule has 8 nitrogen and oxygen atoms in total. The number of carbonyl (C=O) groups is 1. The van der Waals surface area contributed by atoms with Gasteiger partial charge in [0.05, 0.1) is 24.2 Å². The standard InChI is InChI=1S/C25H28N6O2/c1-16-7-8-18(15-17(16)2)27-25(32)21-22-24(29-20-6-4-3-5-19(20)28-22)31(23(21)26)10-9-30-11-13-33-14-12-30/h3-8,15H,9-14,26H2,1-2H3,(H,27,32). The molecule has 33 heavy (non-hydrogen) atoms. The van der Waals surface area contributed by atoms with Crippen molar-refractivity contribution in [1.82, 2.24) is 19.4 Å². The number of anilines is 2. The van der Waals surface area contributed by atoms with Crippen LogP contribution in [0.1, 0.15) is 21.5 Å². The van der Waals surface area contributed by atoms with Crippen molar-refractivity contribution < 1.29 is 9.53 Å². The van der Waals surface area contributed by atoms with Crippen molar-refractivity contribution in [3.8, 4) is 0 Å². The van der Waals surface area contributed by atoms with Crippen LogP contribution in [0, 0.1) is 13.8 Å². The molecule has 0 radical (unpaired) electrons. The number of para-hydroxylation sites is 2. The Morgan fingerprint density at radius 3 is 2.48 bits per heavy atom. The Bertz CT molecular complexity index is 1340. The second-order valence-corrected chi connectivity index (χ2v) is 8.50. The highest BCUT2D eigenvalue weighted by molar-refractivity contribution is 6.16. The molecule has 170 valence electrons. The van der Waals surface area contributed by atoms with Crippen LogP contribution in [0.2, 0.25) is 0 Å². The van der Waals surface area contributed by atoms with Gasteiger partial charge in [0.1, 0.15) is 16.9 Å². The van der Waals surface area contributed by atoms with Crippen molar-refractivity contribution in [2.75, 3.05) is 43.9 Å². The van der Waals surface area contributed by atoms with Gasteiger partial charge in [0.15, 0.2) is 5.65 Å². The minimum atomic E-state index is -0.282. The number of carbonyl (C=O) groups excluding carboxylic acids is 1. The molecule has 3 N–H and O–H groups in total.